The van der Waals surface area contributed by atoms with E-state index in [-0.39, 0.29) is 5.91 Å². The molecule has 0 bridgehead atoms. The first kappa shape index (κ1) is 18.4. The molecule has 1 N–H and O–H groups in total. The third-order valence-electron chi connectivity index (χ3n) is 3.99. The molecule has 0 aliphatic rings. The lowest BCUT2D eigenvalue weighted by molar-refractivity contribution is 0.102. The molecule has 0 aliphatic heterocycles. The van der Waals surface area contributed by atoms with Crippen molar-refractivity contribution in [2.45, 2.75) is 16.7 Å². The Labute approximate surface area is 171 Å². The van der Waals surface area contributed by atoms with Gasteiger partial charge in [-0.2, -0.15) is 0 Å². The van der Waals surface area contributed by atoms with Crippen molar-refractivity contribution >= 4 is 34.7 Å². The second kappa shape index (κ2) is 8.37. The smallest absolute Gasteiger partial charge is 0.267 e. The molecule has 4 aromatic rings. The molecular formula is C22H17N3OS2. The Balaban J connectivity index is 1.57. The number of aryl methyl sites for hydroxylation is 1. The summed E-state index contributed by atoms with van der Waals surface area (Å²) in [7, 11) is 0. The summed E-state index contributed by atoms with van der Waals surface area (Å²) in [5.74, 6) is -0.154. The molecule has 138 valence electrons. The number of nitrogens with one attached hydrogen (secondary N) is 1. The lowest BCUT2D eigenvalue weighted by Crippen LogP contribution is -2.12. The van der Waals surface area contributed by atoms with Crippen LogP contribution in [0.5, 0.6) is 0 Å². The number of aromatic nitrogens is 2. The van der Waals surface area contributed by atoms with Gasteiger partial charge < -0.3 is 5.32 Å². The van der Waals surface area contributed by atoms with Crippen molar-refractivity contribution in [2.75, 3.05) is 5.32 Å². The van der Waals surface area contributed by atoms with Crippen LogP contribution in [0, 0.1) is 6.92 Å². The summed E-state index contributed by atoms with van der Waals surface area (Å²) >= 11 is 2.98. The van der Waals surface area contributed by atoms with Crippen LogP contribution in [0.15, 0.2) is 88.8 Å². The summed E-state index contributed by atoms with van der Waals surface area (Å²) in [5, 5.41) is 3.79. The zero-order valence-corrected chi connectivity index (χ0v) is 16.8. The Morgan fingerprint density at radius 2 is 1.71 bits per heavy atom. The van der Waals surface area contributed by atoms with Crippen molar-refractivity contribution in [3.63, 3.8) is 0 Å². The number of amides is 1. The molecule has 0 saturated heterocycles. The predicted molar refractivity (Wildman–Crippen MR) is 115 cm³/mol. The molecule has 4 nitrogen and oxygen atoms in total. The van der Waals surface area contributed by atoms with E-state index in [2.05, 4.69) is 27.4 Å². The SMILES string of the molecule is Cc1nc(-c2ccccn2)sc1C(=O)Nc1ccccc1Sc1ccccc1. The number of pyridine rings is 1. The van der Waals surface area contributed by atoms with Gasteiger partial charge in [0.2, 0.25) is 0 Å². The molecule has 0 aliphatic carbocycles. The molecule has 2 aromatic carbocycles. The highest BCUT2D eigenvalue weighted by Gasteiger charge is 2.18. The van der Waals surface area contributed by atoms with E-state index in [9.17, 15) is 4.79 Å². The van der Waals surface area contributed by atoms with Gasteiger partial charge >= 0.3 is 0 Å². The first-order valence-corrected chi connectivity index (χ1v) is 10.4. The summed E-state index contributed by atoms with van der Waals surface area (Å²) in [4.78, 5) is 24.5. The fraction of sp³-hybridized carbons (Fsp3) is 0.0455. The van der Waals surface area contributed by atoms with Crippen molar-refractivity contribution in [2.24, 2.45) is 0 Å². The van der Waals surface area contributed by atoms with E-state index in [4.69, 9.17) is 0 Å². The minimum Gasteiger partial charge on any atom is -0.320 e. The average molecular weight is 404 g/mol. The van der Waals surface area contributed by atoms with E-state index < -0.39 is 0 Å². The van der Waals surface area contributed by atoms with Gasteiger partial charge in [-0.1, -0.05) is 48.2 Å². The molecule has 0 atom stereocenters. The summed E-state index contributed by atoms with van der Waals surface area (Å²) in [6.45, 7) is 1.85. The topological polar surface area (TPSA) is 54.9 Å². The van der Waals surface area contributed by atoms with Gasteiger partial charge in [-0.15, -0.1) is 11.3 Å². The summed E-state index contributed by atoms with van der Waals surface area (Å²) < 4.78 is 0. The third kappa shape index (κ3) is 4.13. The maximum absolute atomic E-state index is 12.9. The van der Waals surface area contributed by atoms with E-state index in [1.165, 1.54) is 11.3 Å². The van der Waals surface area contributed by atoms with Crippen molar-refractivity contribution < 1.29 is 4.79 Å². The Morgan fingerprint density at radius 1 is 0.964 bits per heavy atom. The van der Waals surface area contributed by atoms with Crippen molar-refractivity contribution in [3.05, 3.63) is 89.6 Å². The van der Waals surface area contributed by atoms with Gasteiger partial charge in [0.05, 0.1) is 17.1 Å². The maximum atomic E-state index is 12.9. The van der Waals surface area contributed by atoms with E-state index in [0.29, 0.717) is 10.6 Å². The zero-order valence-electron chi connectivity index (χ0n) is 15.1. The maximum Gasteiger partial charge on any atom is 0.267 e. The number of nitrogens with zero attached hydrogens (tertiary/aromatic N) is 2. The first-order valence-electron chi connectivity index (χ1n) is 8.73. The van der Waals surface area contributed by atoms with E-state index >= 15 is 0 Å². The standard InChI is InChI=1S/C22H17N3OS2/c1-15-20(28-22(24-15)18-12-7-8-14-23-18)21(26)25-17-11-5-6-13-19(17)27-16-9-3-2-4-10-16/h2-14H,1H3,(H,25,26). The quantitative estimate of drug-likeness (QED) is 0.450. The van der Waals surface area contributed by atoms with Crippen LogP contribution in [0.25, 0.3) is 10.7 Å². The summed E-state index contributed by atoms with van der Waals surface area (Å²) in [5.41, 5.74) is 2.26. The highest BCUT2D eigenvalue weighted by Crippen LogP contribution is 2.34. The molecule has 0 saturated carbocycles. The minimum atomic E-state index is -0.154. The second-order valence-electron chi connectivity index (χ2n) is 6.01. The number of carbonyl (C=O) groups excluding carboxylic acids is 1. The number of hydrogen-bond donors (Lipinski definition) is 1. The first-order chi connectivity index (χ1) is 13.7. The molecule has 28 heavy (non-hydrogen) atoms. The average Bonchev–Trinajstić information content (AvgIpc) is 3.13. The van der Waals surface area contributed by atoms with E-state index in [0.717, 1.165) is 26.2 Å². The number of carbonyl (C=O) groups is 1. The molecule has 0 fully saturated rings. The molecular weight excluding hydrogens is 386 g/mol. The second-order valence-corrected chi connectivity index (χ2v) is 8.13. The van der Waals surface area contributed by atoms with E-state index in [1.807, 2.05) is 67.6 Å². The Kier molecular flexibility index (Phi) is 5.50. The number of para-hydroxylation sites is 1. The number of thiazole rings is 1. The van der Waals surface area contributed by atoms with Gasteiger partial charge in [0.25, 0.3) is 5.91 Å². The van der Waals surface area contributed by atoms with Crippen LogP contribution in [0.3, 0.4) is 0 Å². The number of hydrogen-bond acceptors (Lipinski definition) is 5. The Bertz CT molecular complexity index is 1100. The van der Waals surface area contributed by atoms with Gasteiger partial charge in [0, 0.05) is 16.0 Å². The molecule has 0 unspecified atom stereocenters. The monoisotopic (exact) mass is 403 g/mol. The lowest BCUT2D eigenvalue weighted by Gasteiger charge is -2.10. The predicted octanol–water partition coefficient (Wildman–Crippen LogP) is 5.92. The van der Waals surface area contributed by atoms with Crippen molar-refractivity contribution in [1.82, 2.24) is 9.97 Å². The van der Waals surface area contributed by atoms with Crippen molar-refractivity contribution in [1.29, 1.82) is 0 Å². The van der Waals surface area contributed by atoms with Crippen molar-refractivity contribution in [3.8, 4) is 10.7 Å². The van der Waals surface area contributed by atoms with Gasteiger partial charge in [0.1, 0.15) is 9.88 Å². The third-order valence-corrected chi connectivity index (χ3v) is 6.26. The molecule has 2 aromatic heterocycles. The van der Waals surface area contributed by atoms with Crippen LogP contribution in [0.1, 0.15) is 15.4 Å². The summed E-state index contributed by atoms with van der Waals surface area (Å²) in [6, 6.07) is 23.6. The van der Waals surface area contributed by atoms with Gasteiger partial charge in [-0.3, -0.25) is 9.78 Å². The minimum absolute atomic E-state index is 0.154. The highest BCUT2D eigenvalue weighted by molar-refractivity contribution is 7.99. The molecule has 1 amide bonds. The summed E-state index contributed by atoms with van der Waals surface area (Å²) in [6.07, 6.45) is 1.73. The van der Waals surface area contributed by atoms with Gasteiger partial charge in [-0.05, 0) is 43.3 Å². The fourth-order valence-corrected chi connectivity index (χ4v) is 4.52. The van der Waals surface area contributed by atoms with Crippen LogP contribution < -0.4 is 5.32 Å². The van der Waals surface area contributed by atoms with Gasteiger partial charge in [-0.25, -0.2) is 4.98 Å². The molecule has 4 rings (SSSR count). The normalized spacial score (nSPS) is 10.6. The molecule has 2 heterocycles. The van der Waals surface area contributed by atoms with Gasteiger partial charge in [0.15, 0.2) is 0 Å². The van der Waals surface area contributed by atoms with Crippen LogP contribution in [0.4, 0.5) is 5.69 Å². The van der Waals surface area contributed by atoms with Crippen LogP contribution >= 0.6 is 23.1 Å². The van der Waals surface area contributed by atoms with Crippen LogP contribution in [-0.2, 0) is 0 Å². The Morgan fingerprint density at radius 3 is 2.50 bits per heavy atom. The Hall–Kier alpha value is -2.96. The lowest BCUT2D eigenvalue weighted by atomic mass is 10.3. The fourth-order valence-electron chi connectivity index (χ4n) is 2.66. The molecule has 0 spiro atoms. The van der Waals surface area contributed by atoms with Crippen LogP contribution in [-0.4, -0.2) is 15.9 Å². The molecule has 6 heteroatoms. The largest absolute Gasteiger partial charge is 0.320 e. The number of rotatable bonds is 5. The zero-order chi connectivity index (χ0) is 19.3. The molecule has 0 radical (unpaired) electrons. The number of anilines is 1. The van der Waals surface area contributed by atoms with Crippen LogP contribution in [0.2, 0.25) is 0 Å². The van der Waals surface area contributed by atoms with E-state index in [1.54, 1.807) is 18.0 Å². The highest BCUT2D eigenvalue weighted by atomic mass is 32.2. The number of benzene rings is 2.